The number of amides is 1. The number of likely N-dealkylation sites (tertiary alicyclic amines) is 1. The standard InChI is InChI=1S/C13H17N3O2/c1-18-12-11(3-2-4-15-12)13(17)16-7-9-5-14-6-10(9)8-16/h2-4,9-10,14H,5-8H2,1H3. The summed E-state index contributed by atoms with van der Waals surface area (Å²) in [5.74, 6) is 1.67. The van der Waals surface area contributed by atoms with E-state index >= 15 is 0 Å². The van der Waals surface area contributed by atoms with Crippen LogP contribution in [0.15, 0.2) is 18.3 Å². The summed E-state index contributed by atoms with van der Waals surface area (Å²) in [5, 5.41) is 3.37. The van der Waals surface area contributed by atoms with Crippen molar-refractivity contribution in [3.05, 3.63) is 23.9 Å². The topological polar surface area (TPSA) is 54.5 Å². The molecule has 0 aliphatic carbocycles. The van der Waals surface area contributed by atoms with Crippen LogP contribution in [0.1, 0.15) is 10.4 Å². The summed E-state index contributed by atoms with van der Waals surface area (Å²) in [6.45, 7) is 3.74. The highest BCUT2D eigenvalue weighted by molar-refractivity contribution is 5.96. The lowest BCUT2D eigenvalue weighted by Gasteiger charge is -2.18. The van der Waals surface area contributed by atoms with Crippen LogP contribution in [0.5, 0.6) is 5.88 Å². The van der Waals surface area contributed by atoms with E-state index in [2.05, 4.69) is 10.3 Å². The summed E-state index contributed by atoms with van der Waals surface area (Å²) < 4.78 is 5.15. The van der Waals surface area contributed by atoms with Gasteiger partial charge >= 0.3 is 0 Å². The van der Waals surface area contributed by atoms with Crippen molar-refractivity contribution in [2.45, 2.75) is 0 Å². The lowest BCUT2D eigenvalue weighted by atomic mass is 10.0. The zero-order valence-corrected chi connectivity index (χ0v) is 10.4. The molecule has 1 amide bonds. The van der Waals surface area contributed by atoms with Gasteiger partial charge in [0.2, 0.25) is 5.88 Å². The molecular formula is C13H17N3O2. The van der Waals surface area contributed by atoms with Gasteiger partial charge in [0.25, 0.3) is 5.91 Å². The van der Waals surface area contributed by atoms with Crippen molar-refractivity contribution in [3.8, 4) is 5.88 Å². The van der Waals surface area contributed by atoms with Gasteiger partial charge in [0.05, 0.1) is 7.11 Å². The Bertz CT molecular complexity index is 451. The molecule has 18 heavy (non-hydrogen) atoms. The number of carbonyl (C=O) groups is 1. The van der Waals surface area contributed by atoms with E-state index in [9.17, 15) is 4.79 Å². The molecule has 3 heterocycles. The Morgan fingerprint density at radius 3 is 2.83 bits per heavy atom. The number of methoxy groups -OCH3 is 1. The summed E-state index contributed by atoms with van der Waals surface area (Å²) >= 11 is 0. The van der Waals surface area contributed by atoms with Gasteiger partial charge in [-0.1, -0.05) is 0 Å². The van der Waals surface area contributed by atoms with Crippen molar-refractivity contribution >= 4 is 5.91 Å². The number of rotatable bonds is 2. The van der Waals surface area contributed by atoms with E-state index in [-0.39, 0.29) is 5.91 Å². The number of hydrogen-bond acceptors (Lipinski definition) is 4. The normalized spacial score (nSPS) is 26.2. The first kappa shape index (κ1) is 11.5. The molecule has 2 atom stereocenters. The second-order valence-electron chi connectivity index (χ2n) is 4.95. The van der Waals surface area contributed by atoms with E-state index in [4.69, 9.17) is 4.74 Å². The van der Waals surface area contributed by atoms with E-state index in [0.29, 0.717) is 23.3 Å². The molecular weight excluding hydrogens is 230 g/mol. The van der Waals surface area contributed by atoms with Crippen LogP contribution in [0.2, 0.25) is 0 Å². The van der Waals surface area contributed by atoms with Crippen LogP contribution in [0.4, 0.5) is 0 Å². The quantitative estimate of drug-likeness (QED) is 0.821. The smallest absolute Gasteiger partial charge is 0.259 e. The van der Waals surface area contributed by atoms with E-state index in [1.54, 1.807) is 25.4 Å². The number of pyridine rings is 1. The van der Waals surface area contributed by atoms with Gasteiger partial charge in [0, 0.05) is 32.4 Å². The average molecular weight is 247 g/mol. The minimum atomic E-state index is 0.0364. The Balaban J connectivity index is 1.79. The summed E-state index contributed by atoms with van der Waals surface area (Å²) in [5.41, 5.74) is 0.563. The fourth-order valence-electron chi connectivity index (χ4n) is 2.91. The van der Waals surface area contributed by atoms with Crippen LogP contribution in [0, 0.1) is 11.8 Å². The summed E-state index contributed by atoms with van der Waals surface area (Å²) in [7, 11) is 1.54. The molecule has 5 nitrogen and oxygen atoms in total. The van der Waals surface area contributed by atoms with Gasteiger partial charge in [-0.25, -0.2) is 4.98 Å². The minimum Gasteiger partial charge on any atom is -0.480 e. The molecule has 1 aromatic heterocycles. The summed E-state index contributed by atoms with van der Waals surface area (Å²) in [6.07, 6.45) is 1.64. The van der Waals surface area contributed by atoms with Crippen molar-refractivity contribution in [2.24, 2.45) is 11.8 Å². The van der Waals surface area contributed by atoms with Gasteiger partial charge in [-0.3, -0.25) is 4.79 Å². The number of ether oxygens (including phenoxy) is 1. The Kier molecular flexibility index (Phi) is 2.91. The zero-order valence-electron chi connectivity index (χ0n) is 10.4. The molecule has 96 valence electrons. The Morgan fingerprint density at radius 1 is 1.44 bits per heavy atom. The molecule has 0 bridgehead atoms. The lowest BCUT2D eigenvalue weighted by Crippen LogP contribution is -2.32. The molecule has 0 saturated carbocycles. The molecule has 0 radical (unpaired) electrons. The van der Waals surface area contributed by atoms with Crippen molar-refractivity contribution in [1.82, 2.24) is 15.2 Å². The fourth-order valence-corrected chi connectivity index (χ4v) is 2.91. The van der Waals surface area contributed by atoms with Crippen LogP contribution in [0.25, 0.3) is 0 Å². The third-order valence-electron chi connectivity index (χ3n) is 3.87. The first-order valence-electron chi connectivity index (χ1n) is 6.28. The van der Waals surface area contributed by atoms with Gasteiger partial charge < -0.3 is 15.0 Å². The maximum Gasteiger partial charge on any atom is 0.259 e. The van der Waals surface area contributed by atoms with Crippen LogP contribution < -0.4 is 10.1 Å². The number of nitrogens with zero attached hydrogens (tertiary/aromatic N) is 2. The predicted octanol–water partition coefficient (Wildman–Crippen LogP) is 0.382. The molecule has 3 rings (SSSR count). The van der Waals surface area contributed by atoms with Crippen LogP contribution >= 0.6 is 0 Å². The van der Waals surface area contributed by atoms with Gasteiger partial charge in [-0.2, -0.15) is 0 Å². The summed E-state index contributed by atoms with van der Waals surface area (Å²) in [4.78, 5) is 18.4. The molecule has 0 spiro atoms. The van der Waals surface area contributed by atoms with Crippen molar-refractivity contribution in [1.29, 1.82) is 0 Å². The highest BCUT2D eigenvalue weighted by atomic mass is 16.5. The molecule has 2 aliphatic heterocycles. The van der Waals surface area contributed by atoms with Crippen LogP contribution in [0.3, 0.4) is 0 Å². The van der Waals surface area contributed by atoms with Gasteiger partial charge in [0.15, 0.2) is 0 Å². The van der Waals surface area contributed by atoms with E-state index < -0.39 is 0 Å². The highest BCUT2D eigenvalue weighted by Crippen LogP contribution is 2.28. The SMILES string of the molecule is COc1ncccc1C(=O)N1CC2CNCC2C1. The van der Waals surface area contributed by atoms with E-state index in [0.717, 1.165) is 26.2 Å². The highest BCUT2D eigenvalue weighted by Gasteiger charge is 2.38. The Labute approximate surface area is 106 Å². The predicted molar refractivity (Wildman–Crippen MR) is 66.5 cm³/mol. The van der Waals surface area contributed by atoms with Crippen LogP contribution in [-0.4, -0.2) is 49.1 Å². The third-order valence-corrected chi connectivity index (χ3v) is 3.87. The zero-order chi connectivity index (χ0) is 12.5. The van der Waals surface area contributed by atoms with Gasteiger partial charge in [0.1, 0.15) is 5.56 Å². The number of nitrogens with one attached hydrogen (secondary N) is 1. The molecule has 2 saturated heterocycles. The molecule has 1 aromatic rings. The second kappa shape index (κ2) is 4.57. The minimum absolute atomic E-state index is 0.0364. The molecule has 2 aliphatic rings. The Hall–Kier alpha value is -1.62. The van der Waals surface area contributed by atoms with Crippen molar-refractivity contribution in [3.63, 3.8) is 0 Å². The summed E-state index contributed by atoms with van der Waals surface area (Å²) in [6, 6.07) is 3.55. The van der Waals surface area contributed by atoms with Gasteiger partial charge in [-0.15, -0.1) is 0 Å². The number of fused-ring (bicyclic) bond motifs is 1. The van der Waals surface area contributed by atoms with E-state index in [1.165, 1.54) is 0 Å². The maximum atomic E-state index is 12.4. The molecule has 0 aromatic carbocycles. The fraction of sp³-hybridized carbons (Fsp3) is 0.538. The lowest BCUT2D eigenvalue weighted by molar-refractivity contribution is 0.0777. The largest absolute Gasteiger partial charge is 0.480 e. The average Bonchev–Trinajstić information content (AvgIpc) is 2.98. The molecule has 5 heteroatoms. The Morgan fingerprint density at radius 2 is 2.17 bits per heavy atom. The van der Waals surface area contributed by atoms with Crippen LogP contribution in [-0.2, 0) is 0 Å². The number of hydrogen-bond donors (Lipinski definition) is 1. The second-order valence-corrected chi connectivity index (χ2v) is 4.95. The van der Waals surface area contributed by atoms with Gasteiger partial charge in [-0.05, 0) is 24.0 Å². The molecule has 2 fully saturated rings. The van der Waals surface area contributed by atoms with E-state index in [1.807, 2.05) is 4.90 Å². The molecule has 1 N–H and O–H groups in total. The number of carbonyl (C=O) groups excluding carboxylic acids is 1. The van der Waals surface area contributed by atoms with Crippen molar-refractivity contribution in [2.75, 3.05) is 33.3 Å². The third kappa shape index (κ3) is 1.84. The first-order valence-corrected chi connectivity index (χ1v) is 6.28. The van der Waals surface area contributed by atoms with Crippen molar-refractivity contribution < 1.29 is 9.53 Å². The molecule has 2 unspecified atom stereocenters. The maximum absolute atomic E-state index is 12.4. The monoisotopic (exact) mass is 247 g/mol. The number of aromatic nitrogens is 1. The first-order chi connectivity index (χ1) is 8.79.